The van der Waals surface area contributed by atoms with Crippen LogP contribution in [-0.2, 0) is 4.74 Å². The van der Waals surface area contributed by atoms with E-state index in [0.717, 1.165) is 25.2 Å². The molecule has 3 rings (SSSR count). The molecule has 1 N–H and O–H groups in total. The van der Waals surface area contributed by atoms with E-state index in [0.29, 0.717) is 12.1 Å². The van der Waals surface area contributed by atoms with Gasteiger partial charge in [-0.2, -0.15) is 0 Å². The zero-order valence-corrected chi connectivity index (χ0v) is 11.9. The topological polar surface area (TPSA) is 34.4 Å². The largest absolute Gasteiger partial charge is 0.468 e. The lowest BCUT2D eigenvalue weighted by Crippen LogP contribution is -2.48. The molecule has 0 radical (unpaired) electrons. The summed E-state index contributed by atoms with van der Waals surface area (Å²) in [6.45, 7) is 3.09. The average Bonchev–Trinajstić information content (AvgIpc) is 2.93. The van der Waals surface area contributed by atoms with Gasteiger partial charge in [0, 0.05) is 12.6 Å². The van der Waals surface area contributed by atoms with Crippen molar-refractivity contribution in [3.05, 3.63) is 24.2 Å². The van der Waals surface area contributed by atoms with Crippen LogP contribution in [0.15, 0.2) is 22.8 Å². The van der Waals surface area contributed by atoms with Gasteiger partial charge in [-0.1, -0.05) is 19.3 Å². The molecule has 1 aromatic heterocycles. The molecule has 2 fully saturated rings. The van der Waals surface area contributed by atoms with Gasteiger partial charge in [0.2, 0.25) is 0 Å². The van der Waals surface area contributed by atoms with E-state index in [9.17, 15) is 0 Å². The molecule has 3 nitrogen and oxygen atoms in total. The number of furan rings is 1. The molecular weight excluding hydrogens is 238 g/mol. The number of hydrogen-bond acceptors (Lipinski definition) is 3. The molecule has 2 aliphatic rings. The summed E-state index contributed by atoms with van der Waals surface area (Å²) in [5.74, 6) is 1.03. The van der Waals surface area contributed by atoms with Gasteiger partial charge in [-0.15, -0.1) is 0 Å². The van der Waals surface area contributed by atoms with E-state index in [-0.39, 0.29) is 5.60 Å². The second-order valence-corrected chi connectivity index (χ2v) is 6.19. The van der Waals surface area contributed by atoms with E-state index in [4.69, 9.17) is 9.15 Å². The predicted molar refractivity (Wildman–Crippen MR) is 75.0 cm³/mol. The molecule has 1 spiro atoms. The van der Waals surface area contributed by atoms with Gasteiger partial charge in [0.1, 0.15) is 5.76 Å². The highest BCUT2D eigenvalue weighted by Gasteiger charge is 2.38. The average molecular weight is 263 g/mol. The predicted octanol–water partition coefficient (Wildman–Crippen LogP) is 3.81. The van der Waals surface area contributed by atoms with Gasteiger partial charge in [0.25, 0.3) is 0 Å². The maximum absolute atomic E-state index is 6.15. The van der Waals surface area contributed by atoms with Crippen LogP contribution >= 0.6 is 0 Å². The first-order valence-electron chi connectivity index (χ1n) is 7.71. The Morgan fingerprint density at radius 2 is 2.16 bits per heavy atom. The first-order chi connectivity index (χ1) is 9.27. The fourth-order valence-electron chi connectivity index (χ4n) is 3.69. The van der Waals surface area contributed by atoms with Gasteiger partial charge in [-0.05, 0) is 44.7 Å². The smallest absolute Gasteiger partial charge is 0.120 e. The van der Waals surface area contributed by atoms with Crippen molar-refractivity contribution in [2.24, 2.45) is 0 Å². The van der Waals surface area contributed by atoms with Crippen molar-refractivity contribution >= 4 is 0 Å². The highest BCUT2D eigenvalue weighted by atomic mass is 16.5. The molecule has 1 aromatic rings. The van der Waals surface area contributed by atoms with Crippen LogP contribution in [-0.4, -0.2) is 18.2 Å². The number of nitrogens with one attached hydrogen (secondary N) is 1. The van der Waals surface area contributed by atoms with Gasteiger partial charge < -0.3 is 14.5 Å². The lowest BCUT2D eigenvalue weighted by Gasteiger charge is -2.44. The molecule has 0 bridgehead atoms. The van der Waals surface area contributed by atoms with Crippen molar-refractivity contribution in [2.45, 2.75) is 69.6 Å². The third-order valence-electron chi connectivity index (χ3n) is 4.71. The summed E-state index contributed by atoms with van der Waals surface area (Å²) < 4.78 is 11.6. The van der Waals surface area contributed by atoms with Crippen LogP contribution in [0.25, 0.3) is 0 Å². The van der Waals surface area contributed by atoms with Crippen molar-refractivity contribution in [1.29, 1.82) is 0 Å². The molecule has 1 saturated carbocycles. The highest BCUT2D eigenvalue weighted by Crippen LogP contribution is 2.38. The molecule has 19 heavy (non-hydrogen) atoms. The van der Waals surface area contributed by atoms with Gasteiger partial charge in [0.05, 0.1) is 17.9 Å². The molecule has 1 aliphatic carbocycles. The number of rotatable bonds is 3. The molecule has 0 aromatic carbocycles. The molecule has 1 saturated heterocycles. The number of hydrogen-bond donors (Lipinski definition) is 1. The Morgan fingerprint density at radius 3 is 2.89 bits per heavy atom. The van der Waals surface area contributed by atoms with E-state index in [1.807, 2.05) is 12.1 Å². The minimum atomic E-state index is 0.178. The van der Waals surface area contributed by atoms with E-state index >= 15 is 0 Å². The quantitative estimate of drug-likeness (QED) is 0.900. The van der Waals surface area contributed by atoms with Crippen molar-refractivity contribution in [3.63, 3.8) is 0 Å². The Kier molecular flexibility index (Phi) is 3.94. The summed E-state index contributed by atoms with van der Waals surface area (Å²) in [7, 11) is 0. The summed E-state index contributed by atoms with van der Waals surface area (Å²) in [6.07, 6.45) is 10.6. The molecule has 2 atom stereocenters. The minimum Gasteiger partial charge on any atom is -0.468 e. The third-order valence-corrected chi connectivity index (χ3v) is 4.71. The standard InChI is InChI=1S/C16H25NO2/c1-13(15-6-5-10-18-15)17-14-7-11-19-16(12-14)8-3-2-4-9-16/h5-6,10,13-14,17H,2-4,7-9,11-12H2,1H3/t13-,14?/m1/s1. The molecular formula is C16H25NO2. The normalized spacial score (nSPS) is 28.4. The lowest BCUT2D eigenvalue weighted by molar-refractivity contribution is -0.110. The van der Waals surface area contributed by atoms with Crippen LogP contribution in [0, 0.1) is 0 Å². The van der Waals surface area contributed by atoms with Gasteiger partial charge in [0.15, 0.2) is 0 Å². The van der Waals surface area contributed by atoms with Crippen LogP contribution < -0.4 is 5.32 Å². The Morgan fingerprint density at radius 1 is 1.32 bits per heavy atom. The SMILES string of the molecule is C[C@@H](NC1CCOC2(CCCCC2)C1)c1ccco1. The summed E-state index contributed by atoms with van der Waals surface area (Å²) in [4.78, 5) is 0. The minimum absolute atomic E-state index is 0.178. The van der Waals surface area contributed by atoms with E-state index in [1.165, 1.54) is 32.1 Å². The zero-order chi connectivity index (χ0) is 13.1. The summed E-state index contributed by atoms with van der Waals surface area (Å²) in [5, 5.41) is 3.72. The lowest BCUT2D eigenvalue weighted by atomic mass is 9.78. The molecule has 3 heteroatoms. The first kappa shape index (κ1) is 13.2. The summed E-state index contributed by atoms with van der Waals surface area (Å²) in [6, 6.07) is 4.86. The fraction of sp³-hybridized carbons (Fsp3) is 0.750. The van der Waals surface area contributed by atoms with Crippen LogP contribution in [0.2, 0.25) is 0 Å². The van der Waals surface area contributed by atoms with E-state index < -0.39 is 0 Å². The van der Waals surface area contributed by atoms with Crippen molar-refractivity contribution in [3.8, 4) is 0 Å². The molecule has 0 amide bonds. The second kappa shape index (κ2) is 5.68. The van der Waals surface area contributed by atoms with Gasteiger partial charge in [-0.3, -0.25) is 0 Å². The van der Waals surface area contributed by atoms with Crippen molar-refractivity contribution in [2.75, 3.05) is 6.61 Å². The van der Waals surface area contributed by atoms with Crippen LogP contribution in [0.3, 0.4) is 0 Å². The van der Waals surface area contributed by atoms with Crippen molar-refractivity contribution in [1.82, 2.24) is 5.32 Å². The van der Waals surface area contributed by atoms with Crippen LogP contribution in [0.5, 0.6) is 0 Å². The molecule has 1 aliphatic heterocycles. The first-order valence-corrected chi connectivity index (χ1v) is 7.71. The second-order valence-electron chi connectivity index (χ2n) is 6.19. The summed E-state index contributed by atoms with van der Waals surface area (Å²) >= 11 is 0. The Hall–Kier alpha value is -0.800. The molecule has 106 valence electrons. The molecule has 1 unspecified atom stereocenters. The zero-order valence-electron chi connectivity index (χ0n) is 11.9. The summed E-state index contributed by atoms with van der Waals surface area (Å²) in [5.41, 5.74) is 0.178. The Balaban J connectivity index is 1.59. The Labute approximate surface area is 115 Å². The maximum atomic E-state index is 6.15. The Bertz CT molecular complexity index is 376. The third kappa shape index (κ3) is 3.03. The van der Waals surface area contributed by atoms with Crippen LogP contribution in [0.1, 0.15) is 63.7 Å². The highest BCUT2D eigenvalue weighted by molar-refractivity contribution is 5.04. The monoisotopic (exact) mass is 263 g/mol. The van der Waals surface area contributed by atoms with Crippen molar-refractivity contribution < 1.29 is 9.15 Å². The van der Waals surface area contributed by atoms with E-state index in [1.54, 1.807) is 6.26 Å². The number of ether oxygens (including phenoxy) is 1. The molecule has 2 heterocycles. The van der Waals surface area contributed by atoms with E-state index in [2.05, 4.69) is 12.2 Å². The van der Waals surface area contributed by atoms with Gasteiger partial charge in [-0.25, -0.2) is 0 Å². The van der Waals surface area contributed by atoms with Crippen LogP contribution in [0.4, 0.5) is 0 Å². The fourth-order valence-corrected chi connectivity index (χ4v) is 3.69. The maximum Gasteiger partial charge on any atom is 0.120 e. The van der Waals surface area contributed by atoms with Gasteiger partial charge >= 0.3 is 0 Å².